The fourth-order valence-corrected chi connectivity index (χ4v) is 4.85. The Morgan fingerprint density at radius 1 is 1.11 bits per heavy atom. The topological polar surface area (TPSA) is 58.9 Å². The first-order valence-corrected chi connectivity index (χ1v) is 10.6. The van der Waals surface area contributed by atoms with Crippen molar-refractivity contribution in [2.75, 3.05) is 25.0 Å². The Bertz CT molecular complexity index is 770. The van der Waals surface area contributed by atoms with Crippen LogP contribution in [-0.4, -0.2) is 50.6 Å². The summed E-state index contributed by atoms with van der Waals surface area (Å²) in [5.74, 6) is 2.56. The van der Waals surface area contributed by atoms with Gasteiger partial charge in [-0.1, -0.05) is 20.8 Å². The third kappa shape index (κ3) is 4.22. The van der Waals surface area contributed by atoms with Crippen LogP contribution in [0.2, 0.25) is 0 Å². The molecule has 1 aliphatic carbocycles. The largest absolute Gasteiger partial charge is 0.366 e. The molecule has 0 aromatic carbocycles. The molecule has 0 bridgehead atoms. The molecule has 1 saturated carbocycles. The lowest BCUT2D eigenvalue weighted by Gasteiger charge is -2.24. The van der Waals surface area contributed by atoms with E-state index < -0.39 is 0 Å². The van der Waals surface area contributed by atoms with Crippen LogP contribution in [0.3, 0.4) is 0 Å². The standard InChI is InChI=1S/C22H34N6/c1-15-12-23-27(5)21(15)19-6-7-20(26-25-19)24-18-10-16-13-28(14-17(16)11-18)9-8-22(2,3)4/h6-7,12,16-18H,8-11,13-14H2,1-5H3,(H,24,26)/t16-,17?,18+/m1/s1. The first-order chi connectivity index (χ1) is 13.3. The molecule has 6 nitrogen and oxygen atoms in total. The Morgan fingerprint density at radius 2 is 1.82 bits per heavy atom. The molecular formula is C22H34N6. The van der Waals surface area contributed by atoms with Crippen LogP contribution < -0.4 is 5.32 Å². The average Bonchev–Trinajstić information content (AvgIpc) is 3.27. The lowest BCUT2D eigenvalue weighted by molar-refractivity contribution is 0.250. The maximum Gasteiger partial charge on any atom is 0.148 e. The number of nitrogens with one attached hydrogen (secondary N) is 1. The highest BCUT2D eigenvalue weighted by Crippen LogP contribution is 2.39. The smallest absolute Gasteiger partial charge is 0.148 e. The molecule has 152 valence electrons. The monoisotopic (exact) mass is 382 g/mol. The second kappa shape index (κ2) is 7.47. The van der Waals surface area contributed by atoms with Crippen molar-refractivity contribution >= 4 is 5.82 Å². The van der Waals surface area contributed by atoms with Crippen LogP contribution in [0.4, 0.5) is 5.82 Å². The zero-order valence-corrected chi connectivity index (χ0v) is 17.9. The molecule has 0 amide bonds. The number of likely N-dealkylation sites (tertiary alicyclic amines) is 1. The summed E-state index contributed by atoms with van der Waals surface area (Å²) in [5.41, 5.74) is 3.46. The Hall–Kier alpha value is -1.95. The highest BCUT2D eigenvalue weighted by atomic mass is 15.3. The van der Waals surface area contributed by atoms with E-state index in [9.17, 15) is 0 Å². The number of hydrogen-bond donors (Lipinski definition) is 1. The van der Waals surface area contributed by atoms with E-state index >= 15 is 0 Å². The summed E-state index contributed by atoms with van der Waals surface area (Å²) < 4.78 is 1.86. The van der Waals surface area contributed by atoms with Gasteiger partial charge in [-0.3, -0.25) is 4.68 Å². The van der Waals surface area contributed by atoms with Crippen LogP contribution in [-0.2, 0) is 7.05 Å². The van der Waals surface area contributed by atoms with Gasteiger partial charge < -0.3 is 10.2 Å². The summed E-state index contributed by atoms with van der Waals surface area (Å²) in [6.07, 6.45) is 5.65. The summed E-state index contributed by atoms with van der Waals surface area (Å²) >= 11 is 0. The van der Waals surface area contributed by atoms with Crippen molar-refractivity contribution in [2.24, 2.45) is 24.3 Å². The molecule has 0 spiro atoms. The van der Waals surface area contributed by atoms with Gasteiger partial charge in [-0.15, -0.1) is 10.2 Å². The maximum absolute atomic E-state index is 4.43. The number of hydrogen-bond acceptors (Lipinski definition) is 5. The quantitative estimate of drug-likeness (QED) is 0.853. The van der Waals surface area contributed by atoms with Crippen LogP contribution in [0.1, 0.15) is 45.6 Å². The van der Waals surface area contributed by atoms with E-state index in [0.29, 0.717) is 11.5 Å². The fraction of sp³-hybridized carbons (Fsp3) is 0.682. The summed E-state index contributed by atoms with van der Waals surface area (Å²) in [5, 5.41) is 16.8. The van der Waals surface area contributed by atoms with E-state index in [1.807, 2.05) is 24.0 Å². The molecule has 3 heterocycles. The lowest BCUT2D eigenvalue weighted by Crippen LogP contribution is -2.28. The van der Waals surface area contributed by atoms with Gasteiger partial charge in [0.2, 0.25) is 0 Å². The van der Waals surface area contributed by atoms with Crippen molar-refractivity contribution in [1.82, 2.24) is 24.9 Å². The van der Waals surface area contributed by atoms with Crippen LogP contribution in [0.15, 0.2) is 18.3 Å². The van der Waals surface area contributed by atoms with Crippen molar-refractivity contribution in [1.29, 1.82) is 0 Å². The number of anilines is 1. The van der Waals surface area contributed by atoms with Gasteiger partial charge in [-0.2, -0.15) is 5.10 Å². The van der Waals surface area contributed by atoms with Gasteiger partial charge in [-0.25, -0.2) is 0 Å². The molecule has 28 heavy (non-hydrogen) atoms. The molecule has 0 radical (unpaired) electrons. The number of aromatic nitrogens is 4. The number of aryl methyl sites for hydroxylation is 2. The molecular weight excluding hydrogens is 348 g/mol. The SMILES string of the molecule is Cc1cnn(C)c1-c1ccc(N[C@@H]2CC3CN(CCC(C)(C)C)C[C@H]3C2)nn1. The third-order valence-corrected chi connectivity index (χ3v) is 6.39. The molecule has 2 aliphatic rings. The van der Waals surface area contributed by atoms with Crippen molar-refractivity contribution in [3.63, 3.8) is 0 Å². The molecule has 6 heteroatoms. The van der Waals surface area contributed by atoms with Gasteiger partial charge in [0.15, 0.2) is 0 Å². The first kappa shape index (κ1) is 19.4. The van der Waals surface area contributed by atoms with Crippen molar-refractivity contribution in [3.8, 4) is 11.4 Å². The van der Waals surface area contributed by atoms with Gasteiger partial charge >= 0.3 is 0 Å². The molecule has 2 aromatic heterocycles. The van der Waals surface area contributed by atoms with E-state index in [1.54, 1.807) is 0 Å². The van der Waals surface area contributed by atoms with Gasteiger partial charge in [0.1, 0.15) is 11.5 Å². The predicted molar refractivity (Wildman–Crippen MR) is 113 cm³/mol. The minimum Gasteiger partial charge on any atom is -0.366 e. The van der Waals surface area contributed by atoms with E-state index in [4.69, 9.17) is 0 Å². The van der Waals surface area contributed by atoms with Crippen molar-refractivity contribution < 1.29 is 0 Å². The third-order valence-electron chi connectivity index (χ3n) is 6.39. The number of fused-ring (bicyclic) bond motifs is 1. The molecule has 1 saturated heterocycles. The molecule has 1 N–H and O–H groups in total. The van der Waals surface area contributed by atoms with Gasteiger partial charge in [0.05, 0.1) is 11.9 Å². The molecule has 1 unspecified atom stereocenters. The lowest BCUT2D eigenvalue weighted by atomic mass is 9.92. The Morgan fingerprint density at radius 3 is 2.36 bits per heavy atom. The highest BCUT2D eigenvalue weighted by molar-refractivity contribution is 5.59. The molecule has 2 aromatic rings. The Balaban J connectivity index is 1.30. The summed E-state index contributed by atoms with van der Waals surface area (Å²) in [6.45, 7) is 12.9. The number of rotatable bonds is 5. The Labute approximate surface area is 168 Å². The molecule has 1 aliphatic heterocycles. The fourth-order valence-electron chi connectivity index (χ4n) is 4.85. The van der Waals surface area contributed by atoms with Crippen LogP contribution in [0, 0.1) is 24.2 Å². The Kier molecular flexibility index (Phi) is 5.17. The van der Waals surface area contributed by atoms with Gasteiger partial charge in [-0.05, 0) is 67.7 Å². The summed E-state index contributed by atoms with van der Waals surface area (Å²) in [7, 11) is 1.94. The first-order valence-electron chi connectivity index (χ1n) is 10.6. The van der Waals surface area contributed by atoms with Gasteiger partial charge in [0, 0.05) is 26.2 Å². The van der Waals surface area contributed by atoms with E-state index in [-0.39, 0.29) is 0 Å². The average molecular weight is 383 g/mol. The van der Waals surface area contributed by atoms with E-state index in [0.717, 1.165) is 34.6 Å². The summed E-state index contributed by atoms with van der Waals surface area (Å²) in [4.78, 5) is 2.68. The zero-order valence-electron chi connectivity index (χ0n) is 17.9. The molecule has 3 atom stereocenters. The molecule has 2 fully saturated rings. The zero-order chi connectivity index (χ0) is 19.9. The summed E-state index contributed by atoms with van der Waals surface area (Å²) in [6, 6.07) is 4.63. The maximum atomic E-state index is 4.43. The van der Waals surface area contributed by atoms with Crippen molar-refractivity contribution in [3.05, 3.63) is 23.9 Å². The van der Waals surface area contributed by atoms with Crippen LogP contribution in [0.25, 0.3) is 11.4 Å². The van der Waals surface area contributed by atoms with E-state index in [1.165, 1.54) is 38.9 Å². The normalized spacial score (nSPS) is 25.2. The number of nitrogens with zero attached hydrogens (tertiary/aromatic N) is 5. The predicted octanol–water partition coefficient (Wildman–Crippen LogP) is 3.74. The van der Waals surface area contributed by atoms with Gasteiger partial charge in [0.25, 0.3) is 0 Å². The van der Waals surface area contributed by atoms with E-state index in [2.05, 4.69) is 59.3 Å². The van der Waals surface area contributed by atoms with Crippen molar-refractivity contribution in [2.45, 2.75) is 53.0 Å². The minimum absolute atomic E-state index is 0.431. The second-order valence-corrected chi connectivity index (χ2v) is 10.0. The van der Waals surface area contributed by atoms with Crippen LogP contribution in [0.5, 0.6) is 0 Å². The minimum atomic E-state index is 0.431. The van der Waals surface area contributed by atoms with Crippen LogP contribution >= 0.6 is 0 Å². The molecule has 4 rings (SSSR count). The highest BCUT2D eigenvalue weighted by Gasteiger charge is 2.40. The second-order valence-electron chi connectivity index (χ2n) is 10.0.